The van der Waals surface area contributed by atoms with E-state index in [9.17, 15) is 9.59 Å². The van der Waals surface area contributed by atoms with Gasteiger partial charge >= 0.3 is 0 Å². The standard InChI is InChI=1S/C23H24N4O3/c1-15-18(4-2-5-19(15)24)23(29)27-11-3-6-20(27)22(28)26-12-16-7-9-17(10-8-16)21-13-25-14-30-21/h2,4-5,7-10,13-14,20H,3,6,11-12,24H2,1H3,(H,26,28). The summed E-state index contributed by atoms with van der Waals surface area (Å²) in [7, 11) is 0. The van der Waals surface area contributed by atoms with Crippen molar-refractivity contribution in [2.75, 3.05) is 12.3 Å². The number of nitrogens with one attached hydrogen (secondary N) is 1. The Kier molecular flexibility index (Phi) is 5.52. The van der Waals surface area contributed by atoms with Crippen LogP contribution in [0.5, 0.6) is 0 Å². The summed E-state index contributed by atoms with van der Waals surface area (Å²) in [5, 5.41) is 2.96. The lowest BCUT2D eigenvalue weighted by Crippen LogP contribution is -2.45. The van der Waals surface area contributed by atoms with Gasteiger partial charge in [0.2, 0.25) is 5.91 Å². The van der Waals surface area contributed by atoms with Crippen LogP contribution in [-0.2, 0) is 11.3 Å². The van der Waals surface area contributed by atoms with Gasteiger partial charge < -0.3 is 20.4 Å². The molecule has 4 rings (SSSR count). The number of nitrogen functional groups attached to an aromatic ring is 1. The molecule has 0 spiro atoms. The number of anilines is 1. The van der Waals surface area contributed by atoms with E-state index >= 15 is 0 Å². The molecule has 154 valence electrons. The molecule has 30 heavy (non-hydrogen) atoms. The summed E-state index contributed by atoms with van der Waals surface area (Å²) in [6, 6.07) is 12.6. The number of likely N-dealkylation sites (tertiary alicyclic amines) is 1. The molecule has 7 heteroatoms. The molecule has 1 fully saturated rings. The fourth-order valence-corrected chi connectivity index (χ4v) is 3.77. The maximum absolute atomic E-state index is 13.0. The van der Waals surface area contributed by atoms with E-state index in [1.807, 2.05) is 31.2 Å². The Hall–Kier alpha value is -3.61. The smallest absolute Gasteiger partial charge is 0.254 e. The Labute approximate surface area is 174 Å². The van der Waals surface area contributed by atoms with E-state index < -0.39 is 6.04 Å². The normalized spacial score (nSPS) is 15.9. The second-order valence-electron chi connectivity index (χ2n) is 7.46. The maximum Gasteiger partial charge on any atom is 0.254 e. The van der Waals surface area contributed by atoms with Gasteiger partial charge in [-0.2, -0.15) is 0 Å². The van der Waals surface area contributed by atoms with E-state index in [0.29, 0.717) is 36.5 Å². The minimum absolute atomic E-state index is 0.137. The van der Waals surface area contributed by atoms with E-state index in [4.69, 9.17) is 10.2 Å². The number of nitrogens with zero attached hydrogens (tertiary/aromatic N) is 2. The van der Waals surface area contributed by atoms with Crippen molar-refractivity contribution in [3.05, 3.63) is 71.7 Å². The van der Waals surface area contributed by atoms with E-state index in [1.54, 1.807) is 29.3 Å². The predicted octanol–water partition coefficient (Wildman–Crippen LogP) is 3.15. The monoisotopic (exact) mass is 404 g/mol. The van der Waals surface area contributed by atoms with E-state index in [2.05, 4.69) is 10.3 Å². The summed E-state index contributed by atoms with van der Waals surface area (Å²) in [6.45, 7) is 2.79. The van der Waals surface area contributed by atoms with Crippen LogP contribution in [0.1, 0.15) is 34.3 Å². The van der Waals surface area contributed by atoms with Gasteiger partial charge in [-0.25, -0.2) is 4.98 Å². The summed E-state index contributed by atoms with van der Waals surface area (Å²) in [6.07, 6.45) is 4.51. The van der Waals surface area contributed by atoms with Crippen LogP contribution in [0.4, 0.5) is 5.69 Å². The third kappa shape index (κ3) is 3.91. The van der Waals surface area contributed by atoms with Crippen molar-refractivity contribution in [3.63, 3.8) is 0 Å². The Bertz CT molecular complexity index is 1040. The minimum Gasteiger partial charge on any atom is -0.444 e. The molecule has 1 aliphatic heterocycles. The van der Waals surface area contributed by atoms with Gasteiger partial charge in [0.05, 0.1) is 6.20 Å². The SMILES string of the molecule is Cc1c(N)cccc1C(=O)N1CCCC1C(=O)NCc1ccc(-c2cnco2)cc1. The molecule has 2 aromatic carbocycles. The van der Waals surface area contributed by atoms with Crippen LogP contribution in [0.25, 0.3) is 11.3 Å². The molecular weight excluding hydrogens is 380 g/mol. The van der Waals surface area contributed by atoms with Gasteiger partial charge in [-0.1, -0.05) is 30.3 Å². The molecule has 0 aliphatic carbocycles. The molecule has 2 heterocycles. The van der Waals surface area contributed by atoms with Gasteiger partial charge in [-0.15, -0.1) is 0 Å². The number of nitrogens with two attached hydrogens (primary N) is 1. The first-order valence-electron chi connectivity index (χ1n) is 9.96. The molecule has 1 atom stereocenters. The Morgan fingerprint density at radius 1 is 1.23 bits per heavy atom. The molecule has 0 saturated carbocycles. The average molecular weight is 404 g/mol. The van der Waals surface area contributed by atoms with Crippen LogP contribution in [0, 0.1) is 6.92 Å². The summed E-state index contributed by atoms with van der Waals surface area (Å²) >= 11 is 0. The molecule has 1 aliphatic rings. The van der Waals surface area contributed by atoms with Crippen LogP contribution >= 0.6 is 0 Å². The zero-order chi connectivity index (χ0) is 21.1. The van der Waals surface area contributed by atoms with E-state index in [1.165, 1.54) is 6.39 Å². The summed E-state index contributed by atoms with van der Waals surface area (Å²) < 4.78 is 5.29. The highest BCUT2D eigenvalue weighted by Crippen LogP contribution is 2.24. The lowest BCUT2D eigenvalue weighted by atomic mass is 10.1. The number of benzene rings is 2. The first-order valence-corrected chi connectivity index (χ1v) is 9.96. The zero-order valence-electron chi connectivity index (χ0n) is 16.8. The number of hydrogen-bond donors (Lipinski definition) is 2. The van der Waals surface area contributed by atoms with Crippen LogP contribution < -0.4 is 11.1 Å². The number of carbonyl (C=O) groups excluding carboxylic acids is 2. The fraction of sp³-hybridized carbons (Fsp3) is 0.261. The molecule has 0 bridgehead atoms. The Morgan fingerprint density at radius 3 is 2.77 bits per heavy atom. The summed E-state index contributed by atoms with van der Waals surface area (Å²) in [5.74, 6) is 0.415. The van der Waals surface area contributed by atoms with E-state index in [-0.39, 0.29) is 11.8 Å². The second-order valence-corrected chi connectivity index (χ2v) is 7.46. The third-order valence-corrected chi connectivity index (χ3v) is 5.56. The zero-order valence-corrected chi connectivity index (χ0v) is 16.8. The molecule has 3 N–H and O–H groups in total. The average Bonchev–Trinajstić information content (AvgIpc) is 3.46. The molecule has 7 nitrogen and oxygen atoms in total. The number of hydrogen-bond acceptors (Lipinski definition) is 5. The highest BCUT2D eigenvalue weighted by atomic mass is 16.3. The topological polar surface area (TPSA) is 101 Å². The van der Waals surface area contributed by atoms with Gasteiger partial charge in [0, 0.05) is 29.9 Å². The molecule has 1 aromatic heterocycles. The molecule has 3 aromatic rings. The number of carbonyl (C=O) groups is 2. The van der Waals surface area contributed by atoms with Crippen molar-refractivity contribution in [2.24, 2.45) is 0 Å². The van der Waals surface area contributed by atoms with Crippen LogP contribution in [0.15, 0.2) is 59.5 Å². The van der Waals surface area contributed by atoms with Crippen molar-refractivity contribution in [2.45, 2.75) is 32.4 Å². The van der Waals surface area contributed by atoms with Gasteiger partial charge in [-0.05, 0) is 43.0 Å². The van der Waals surface area contributed by atoms with Crippen LogP contribution in [-0.4, -0.2) is 34.3 Å². The van der Waals surface area contributed by atoms with Crippen molar-refractivity contribution in [1.29, 1.82) is 0 Å². The minimum atomic E-state index is -0.466. The van der Waals surface area contributed by atoms with Gasteiger partial charge in [0.1, 0.15) is 6.04 Å². The summed E-state index contributed by atoms with van der Waals surface area (Å²) in [4.78, 5) is 31.4. The fourth-order valence-electron chi connectivity index (χ4n) is 3.77. The Morgan fingerprint density at radius 2 is 2.03 bits per heavy atom. The predicted molar refractivity (Wildman–Crippen MR) is 113 cm³/mol. The first kappa shape index (κ1) is 19.7. The van der Waals surface area contributed by atoms with Crippen molar-refractivity contribution in [3.8, 4) is 11.3 Å². The number of aromatic nitrogens is 1. The van der Waals surface area contributed by atoms with Gasteiger partial charge in [-0.3, -0.25) is 9.59 Å². The highest BCUT2D eigenvalue weighted by molar-refractivity contribution is 6.00. The van der Waals surface area contributed by atoms with Crippen molar-refractivity contribution < 1.29 is 14.0 Å². The third-order valence-electron chi connectivity index (χ3n) is 5.56. The van der Waals surface area contributed by atoms with Crippen LogP contribution in [0.2, 0.25) is 0 Å². The highest BCUT2D eigenvalue weighted by Gasteiger charge is 2.35. The number of oxazole rings is 1. The molecule has 1 unspecified atom stereocenters. The largest absolute Gasteiger partial charge is 0.444 e. The number of rotatable bonds is 5. The lowest BCUT2D eigenvalue weighted by molar-refractivity contribution is -0.125. The lowest BCUT2D eigenvalue weighted by Gasteiger charge is -2.25. The summed E-state index contributed by atoms with van der Waals surface area (Å²) in [5.41, 5.74) is 9.72. The molecule has 2 amide bonds. The van der Waals surface area contributed by atoms with Crippen LogP contribution in [0.3, 0.4) is 0 Å². The van der Waals surface area contributed by atoms with Crippen molar-refractivity contribution >= 4 is 17.5 Å². The van der Waals surface area contributed by atoms with Gasteiger partial charge in [0.15, 0.2) is 12.2 Å². The van der Waals surface area contributed by atoms with Gasteiger partial charge in [0.25, 0.3) is 5.91 Å². The Balaban J connectivity index is 1.40. The first-order chi connectivity index (χ1) is 14.5. The molecule has 0 radical (unpaired) electrons. The maximum atomic E-state index is 13.0. The molecular formula is C23H24N4O3. The quantitative estimate of drug-likeness (QED) is 0.636. The molecule has 1 saturated heterocycles. The van der Waals surface area contributed by atoms with E-state index in [0.717, 1.165) is 23.1 Å². The number of amides is 2. The second kappa shape index (κ2) is 8.41. The van der Waals surface area contributed by atoms with Crippen molar-refractivity contribution in [1.82, 2.24) is 15.2 Å².